The molecule has 0 spiro atoms. The van der Waals surface area contributed by atoms with Gasteiger partial charge in [0.25, 0.3) is 0 Å². The van der Waals surface area contributed by atoms with Crippen LogP contribution in [0.25, 0.3) is 0 Å². The summed E-state index contributed by atoms with van der Waals surface area (Å²) in [4.78, 5) is 11.6. The molecule has 0 aromatic heterocycles. The number of hydrogen-bond donors (Lipinski definition) is 1. The highest BCUT2D eigenvalue weighted by Gasteiger charge is 2.07. The molecular weight excluding hydrogens is 257 g/mol. The van der Waals surface area contributed by atoms with Crippen LogP contribution in [-0.2, 0) is 6.54 Å². The molecule has 104 valence electrons. The molecule has 0 atom stereocenters. The summed E-state index contributed by atoms with van der Waals surface area (Å²) in [7, 11) is 0. The van der Waals surface area contributed by atoms with Crippen molar-refractivity contribution in [3.05, 3.63) is 65.0 Å². The molecule has 3 nitrogen and oxygen atoms in total. The SMILES string of the molecule is Cc1cc(CNC(=O)Oc2ccccc2)cc(C)c1F. The van der Waals surface area contributed by atoms with Crippen molar-refractivity contribution >= 4 is 6.09 Å². The molecule has 0 bridgehead atoms. The van der Waals surface area contributed by atoms with E-state index in [-0.39, 0.29) is 5.82 Å². The van der Waals surface area contributed by atoms with Gasteiger partial charge in [0.05, 0.1) is 0 Å². The van der Waals surface area contributed by atoms with E-state index in [0.29, 0.717) is 23.4 Å². The van der Waals surface area contributed by atoms with Crippen molar-refractivity contribution in [2.75, 3.05) is 0 Å². The standard InChI is InChI=1S/C16H16FNO2/c1-11-8-13(9-12(2)15(11)17)10-18-16(19)20-14-6-4-3-5-7-14/h3-9H,10H2,1-2H3,(H,18,19). The maximum absolute atomic E-state index is 13.5. The van der Waals surface area contributed by atoms with Gasteiger partial charge < -0.3 is 10.1 Å². The normalized spacial score (nSPS) is 10.2. The molecular formula is C16H16FNO2. The van der Waals surface area contributed by atoms with E-state index in [9.17, 15) is 9.18 Å². The van der Waals surface area contributed by atoms with E-state index < -0.39 is 6.09 Å². The van der Waals surface area contributed by atoms with Gasteiger partial charge >= 0.3 is 6.09 Å². The lowest BCUT2D eigenvalue weighted by Crippen LogP contribution is -2.26. The number of amides is 1. The van der Waals surface area contributed by atoms with E-state index in [2.05, 4.69) is 5.32 Å². The monoisotopic (exact) mass is 273 g/mol. The van der Waals surface area contributed by atoms with Gasteiger partial charge in [-0.3, -0.25) is 0 Å². The molecule has 20 heavy (non-hydrogen) atoms. The maximum Gasteiger partial charge on any atom is 0.412 e. The summed E-state index contributed by atoms with van der Waals surface area (Å²) < 4.78 is 18.6. The second kappa shape index (κ2) is 6.19. The van der Waals surface area contributed by atoms with Crippen molar-refractivity contribution in [2.24, 2.45) is 0 Å². The van der Waals surface area contributed by atoms with Crippen LogP contribution in [0.1, 0.15) is 16.7 Å². The number of hydrogen-bond acceptors (Lipinski definition) is 2. The Hall–Kier alpha value is -2.36. The molecule has 1 N–H and O–H groups in total. The van der Waals surface area contributed by atoms with Crippen LogP contribution in [0.4, 0.5) is 9.18 Å². The zero-order valence-corrected chi connectivity index (χ0v) is 11.4. The zero-order valence-electron chi connectivity index (χ0n) is 11.4. The van der Waals surface area contributed by atoms with Gasteiger partial charge in [-0.1, -0.05) is 30.3 Å². The minimum atomic E-state index is -0.532. The van der Waals surface area contributed by atoms with Crippen LogP contribution >= 0.6 is 0 Å². The first-order valence-corrected chi connectivity index (χ1v) is 6.32. The molecule has 0 aliphatic carbocycles. The second-order valence-electron chi connectivity index (χ2n) is 4.60. The number of benzene rings is 2. The summed E-state index contributed by atoms with van der Waals surface area (Å²) in [5.74, 6) is 0.275. The van der Waals surface area contributed by atoms with E-state index in [1.54, 1.807) is 50.2 Å². The Balaban J connectivity index is 1.94. The van der Waals surface area contributed by atoms with Gasteiger partial charge in [-0.25, -0.2) is 9.18 Å². The molecule has 0 aliphatic rings. The van der Waals surface area contributed by atoms with Gasteiger partial charge in [-0.2, -0.15) is 0 Å². The third-order valence-electron chi connectivity index (χ3n) is 2.89. The molecule has 0 aliphatic heterocycles. The summed E-state index contributed by atoms with van der Waals surface area (Å²) in [5, 5.41) is 2.64. The molecule has 4 heteroatoms. The van der Waals surface area contributed by atoms with Crippen LogP contribution in [0, 0.1) is 19.7 Å². The molecule has 2 rings (SSSR count). The smallest absolute Gasteiger partial charge is 0.410 e. The van der Waals surface area contributed by atoms with Crippen molar-refractivity contribution in [2.45, 2.75) is 20.4 Å². The number of para-hydroxylation sites is 1. The first-order valence-electron chi connectivity index (χ1n) is 6.32. The topological polar surface area (TPSA) is 38.3 Å². The summed E-state index contributed by atoms with van der Waals surface area (Å²) in [6, 6.07) is 12.2. The van der Waals surface area contributed by atoms with Gasteiger partial charge in [-0.05, 0) is 42.7 Å². The largest absolute Gasteiger partial charge is 0.412 e. The number of carbonyl (C=O) groups is 1. The maximum atomic E-state index is 13.5. The molecule has 0 saturated carbocycles. The predicted molar refractivity (Wildman–Crippen MR) is 75.2 cm³/mol. The highest BCUT2D eigenvalue weighted by molar-refractivity contribution is 5.70. The van der Waals surface area contributed by atoms with Crippen LogP contribution in [-0.4, -0.2) is 6.09 Å². The first kappa shape index (κ1) is 14.1. The Labute approximate surface area is 117 Å². The van der Waals surface area contributed by atoms with Gasteiger partial charge in [0, 0.05) is 6.54 Å². The Morgan fingerprint density at radius 1 is 1.15 bits per heavy atom. The highest BCUT2D eigenvalue weighted by Crippen LogP contribution is 2.14. The number of nitrogens with one attached hydrogen (secondary N) is 1. The molecule has 2 aromatic carbocycles. The Kier molecular flexibility index (Phi) is 4.35. The van der Waals surface area contributed by atoms with Crippen molar-refractivity contribution in [1.29, 1.82) is 0 Å². The van der Waals surface area contributed by atoms with Gasteiger partial charge in [0.1, 0.15) is 11.6 Å². The van der Waals surface area contributed by atoms with Crippen LogP contribution in [0.3, 0.4) is 0 Å². The van der Waals surface area contributed by atoms with Crippen molar-refractivity contribution in [3.63, 3.8) is 0 Å². The lowest BCUT2D eigenvalue weighted by Gasteiger charge is -2.09. The van der Waals surface area contributed by atoms with E-state index in [1.807, 2.05) is 6.07 Å². The fourth-order valence-electron chi connectivity index (χ4n) is 1.94. The summed E-state index contributed by atoms with van der Waals surface area (Å²) in [6.45, 7) is 3.70. The minimum Gasteiger partial charge on any atom is -0.410 e. The number of rotatable bonds is 3. The molecule has 0 radical (unpaired) electrons. The third-order valence-corrected chi connectivity index (χ3v) is 2.89. The van der Waals surface area contributed by atoms with E-state index in [1.165, 1.54) is 0 Å². The predicted octanol–water partition coefficient (Wildman–Crippen LogP) is 3.73. The third kappa shape index (κ3) is 3.57. The fraction of sp³-hybridized carbons (Fsp3) is 0.188. The van der Waals surface area contributed by atoms with Gasteiger partial charge in [-0.15, -0.1) is 0 Å². The fourth-order valence-corrected chi connectivity index (χ4v) is 1.94. The zero-order chi connectivity index (χ0) is 14.5. The summed E-state index contributed by atoms with van der Waals surface area (Å²) in [5.41, 5.74) is 1.97. The van der Waals surface area contributed by atoms with Crippen LogP contribution in [0.15, 0.2) is 42.5 Å². The average molecular weight is 273 g/mol. The Morgan fingerprint density at radius 2 is 1.75 bits per heavy atom. The molecule has 2 aromatic rings. The number of aryl methyl sites for hydroxylation is 2. The van der Waals surface area contributed by atoms with E-state index >= 15 is 0 Å². The van der Waals surface area contributed by atoms with Gasteiger partial charge in [0.15, 0.2) is 0 Å². The molecule has 0 unspecified atom stereocenters. The molecule has 0 heterocycles. The van der Waals surface area contributed by atoms with E-state index in [4.69, 9.17) is 4.74 Å². The van der Waals surface area contributed by atoms with Gasteiger partial charge in [0.2, 0.25) is 0 Å². The molecule has 1 amide bonds. The minimum absolute atomic E-state index is 0.208. The van der Waals surface area contributed by atoms with Crippen LogP contribution in [0.2, 0.25) is 0 Å². The molecule has 0 fully saturated rings. The van der Waals surface area contributed by atoms with Crippen molar-refractivity contribution in [1.82, 2.24) is 5.32 Å². The summed E-state index contributed by atoms with van der Waals surface area (Å²) in [6.07, 6.45) is -0.532. The molecule has 0 saturated heterocycles. The Bertz CT molecular complexity index is 588. The second-order valence-corrected chi connectivity index (χ2v) is 4.60. The highest BCUT2D eigenvalue weighted by atomic mass is 19.1. The van der Waals surface area contributed by atoms with Crippen molar-refractivity contribution in [3.8, 4) is 5.75 Å². The lowest BCUT2D eigenvalue weighted by molar-refractivity contribution is 0.200. The Morgan fingerprint density at radius 3 is 2.35 bits per heavy atom. The van der Waals surface area contributed by atoms with E-state index in [0.717, 1.165) is 5.56 Å². The average Bonchev–Trinajstić information content (AvgIpc) is 2.43. The first-order chi connectivity index (χ1) is 9.56. The number of ether oxygens (including phenoxy) is 1. The number of carbonyl (C=O) groups excluding carboxylic acids is 1. The van der Waals surface area contributed by atoms with Crippen LogP contribution in [0.5, 0.6) is 5.75 Å². The lowest BCUT2D eigenvalue weighted by atomic mass is 10.1. The summed E-state index contributed by atoms with van der Waals surface area (Å²) >= 11 is 0. The van der Waals surface area contributed by atoms with Crippen molar-refractivity contribution < 1.29 is 13.9 Å². The number of halogens is 1. The quantitative estimate of drug-likeness (QED) is 0.925. The van der Waals surface area contributed by atoms with Crippen LogP contribution < -0.4 is 10.1 Å².